The molecule has 0 aliphatic carbocycles. The number of rotatable bonds is 4. The number of thiazole rings is 1. The molecule has 1 spiro atoms. The second-order valence-electron chi connectivity index (χ2n) is 8.27. The average Bonchev–Trinajstić information content (AvgIpc) is 3.18. The molecule has 2 aromatic rings. The average molecular weight is 430 g/mol. The highest BCUT2D eigenvalue weighted by Gasteiger charge is 2.45. The molecule has 1 atom stereocenters. The standard InChI is InChI=1S/C22H29N3OS.CH2O2/c1-17-4-6-19(7-5-17)15-25-21(26)8-10-22(25)9-3-12-24(13-11-22)16-20-14-23-18(2)27-20;2-1-3/h4-7,14H,3,8-13,15-16H2,1-2H3;1H,(H,2,3). The van der Waals surface area contributed by atoms with Gasteiger partial charge < -0.3 is 10.0 Å². The summed E-state index contributed by atoms with van der Waals surface area (Å²) in [6.07, 6.45) is 7.12. The molecule has 0 saturated carbocycles. The molecule has 6 nitrogen and oxygen atoms in total. The summed E-state index contributed by atoms with van der Waals surface area (Å²) in [5.74, 6) is 0.335. The van der Waals surface area contributed by atoms with Gasteiger partial charge in [0.25, 0.3) is 6.47 Å². The number of carbonyl (C=O) groups is 2. The van der Waals surface area contributed by atoms with Crippen LogP contribution in [0.25, 0.3) is 0 Å². The largest absolute Gasteiger partial charge is 0.483 e. The molecule has 0 bridgehead atoms. The third-order valence-electron chi connectivity index (χ3n) is 6.20. The topological polar surface area (TPSA) is 73.7 Å². The van der Waals surface area contributed by atoms with Crippen molar-refractivity contribution in [3.63, 3.8) is 0 Å². The maximum absolute atomic E-state index is 12.7. The van der Waals surface area contributed by atoms with Crippen molar-refractivity contribution < 1.29 is 14.7 Å². The normalized spacial score (nSPS) is 21.9. The first-order chi connectivity index (χ1) is 14.5. The summed E-state index contributed by atoms with van der Waals surface area (Å²) < 4.78 is 0. The zero-order valence-corrected chi connectivity index (χ0v) is 18.7. The van der Waals surface area contributed by atoms with E-state index >= 15 is 0 Å². The number of aromatic nitrogens is 1. The molecule has 1 aromatic carbocycles. The summed E-state index contributed by atoms with van der Waals surface area (Å²) in [6.45, 7) is 7.86. The second kappa shape index (κ2) is 10.2. The molecule has 1 unspecified atom stereocenters. The van der Waals surface area contributed by atoms with Crippen molar-refractivity contribution in [2.45, 2.75) is 64.6 Å². The predicted octanol–water partition coefficient (Wildman–Crippen LogP) is 4.01. The van der Waals surface area contributed by atoms with Crippen LogP contribution in [-0.4, -0.2) is 50.9 Å². The molecule has 4 rings (SSSR count). The van der Waals surface area contributed by atoms with Crippen molar-refractivity contribution in [1.82, 2.24) is 14.8 Å². The van der Waals surface area contributed by atoms with Crippen LogP contribution in [0.3, 0.4) is 0 Å². The minimum Gasteiger partial charge on any atom is -0.483 e. The molecule has 0 radical (unpaired) electrons. The van der Waals surface area contributed by atoms with Crippen LogP contribution in [0.4, 0.5) is 0 Å². The molecule has 1 N–H and O–H groups in total. The molecule has 162 valence electrons. The summed E-state index contributed by atoms with van der Waals surface area (Å²) in [5.41, 5.74) is 2.57. The van der Waals surface area contributed by atoms with Gasteiger partial charge in [-0.15, -0.1) is 11.3 Å². The third-order valence-corrected chi connectivity index (χ3v) is 7.10. The van der Waals surface area contributed by atoms with Crippen molar-refractivity contribution in [1.29, 1.82) is 0 Å². The van der Waals surface area contributed by atoms with E-state index in [0.29, 0.717) is 12.3 Å². The lowest BCUT2D eigenvalue weighted by Gasteiger charge is -2.38. The molecule has 2 saturated heterocycles. The lowest BCUT2D eigenvalue weighted by atomic mass is 9.87. The fourth-order valence-electron chi connectivity index (χ4n) is 4.62. The van der Waals surface area contributed by atoms with Crippen LogP contribution in [-0.2, 0) is 22.7 Å². The van der Waals surface area contributed by atoms with Crippen molar-refractivity contribution in [3.05, 3.63) is 51.5 Å². The smallest absolute Gasteiger partial charge is 0.290 e. The van der Waals surface area contributed by atoms with Gasteiger partial charge in [0.2, 0.25) is 5.91 Å². The molecule has 1 aromatic heterocycles. The van der Waals surface area contributed by atoms with E-state index in [1.165, 1.54) is 16.0 Å². The SMILES string of the molecule is Cc1ccc(CN2C(=O)CCC23CCCN(Cc2cnc(C)s2)CC3)cc1.O=CO. The van der Waals surface area contributed by atoms with Crippen LogP contribution < -0.4 is 0 Å². The first kappa shape index (κ1) is 22.4. The van der Waals surface area contributed by atoms with Crippen molar-refractivity contribution in [2.24, 2.45) is 0 Å². The van der Waals surface area contributed by atoms with Gasteiger partial charge in [-0.25, -0.2) is 4.98 Å². The minimum atomic E-state index is -0.250. The lowest BCUT2D eigenvalue weighted by Crippen LogP contribution is -2.45. The predicted molar refractivity (Wildman–Crippen MR) is 118 cm³/mol. The molecule has 2 fully saturated rings. The van der Waals surface area contributed by atoms with Gasteiger partial charge in [0.05, 0.1) is 5.01 Å². The Morgan fingerprint density at radius 1 is 1.13 bits per heavy atom. The van der Waals surface area contributed by atoms with Gasteiger partial charge in [-0.2, -0.15) is 0 Å². The van der Waals surface area contributed by atoms with Gasteiger partial charge in [-0.1, -0.05) is 29.8 Å². The highest BCUT2D eigenvalue weighted by molar-refractivity contribution is 7.11. The van der Waals surface area contributed by atoms with E-state index in [2.05, 4.69) is 52.9 Å². The Hall–Kier alpha value is -2.25. The zero-order valence-electron chi connectivity index (χ0n) is 17.8. The van der Waals surface area contributed by atoms with Crippen LogP contribution in [0.2, 0.25) is 0 Å². The van der Waals surface area contributed by atoms with E-state index in [1.54, 1.807) is 11.3 Å². The Balaban J connectivity index is 0.000000806. The van der Waals surface area contributed by atoms with Gasteiger partial charge in [-0.3, -0.25) is 14.5 Å². The second-order valence-corrected chi connectivity index (χ2v) is 9.59. The summed E-state index contributed by atoms with van der Waals surface area (Å²) in [4.78, 5) is 31.6. The minimum absolute atomic E-state index is 0.0559. The van der Waals surface area contributed by atoms with Gasteiger partial charge in [0.15, 0.2) is 0 Å². The van der Waals surface area contributed by atoms with Gasteiger partial charge in [0, 0.05) is 42.7 Å². The molecular weight excluding hydrogens is 398 g/mol. The zero-order chi connectivity index (χ0) is 21.6. The number of aryl methyl sites for hydroxylation is 2. The van der Waals surface area contributed by atoms with E-state index in [1.807, 2.05) is 6.20 Å². The number of hydrogen-bond donors (Lipinski definition) is 1. The number of amides is 1. The third kappa shape index (κ3) is 5.46. The van der Waals surface area contributed by atoms with Crippen LogP contribution in [0.1, 0.15) is 53.1 Å². The van der Waals surface area contributed by atoms with Crippen molar-refractivity contribution >= 4 is 23.7 Å². The fraction of sp³-hybridized carbons (Fsp3) is 0.522. The first-order valence-electron chi connectivity index (χ1n) is 10.5. The van der Waals surface area contributed by atoms with Crippen molar-refractivity contribution in [2.75, 3.05) is 13.1 Å². The van der Waals surface area contributed by atoms with Gasteiger partial charge in [0.1, 0.15) is 0 Å². The lowest BCUT2D eigenvalue weighted by molar-refractivity contribution is -0.132. The van der Waals surface area contributed by atoms with Gasteiger partial charge in [-0.05, 0) is 51.6 Å². The molecule has 3 heterocycles. The summed E-state index contributed by atoms with van der Waals surface area (Å²) in [7, 11) is 0. The maximum Gasteiger partial charge on any atom is 0.290 e. The highest BCUT2D eigenvalue weighted by Crippen LogP contribution is 2.40. The Kier molecular flexibility index (Phi) is 7.61. The van der Waals surface area contributed by atoms with Crippen LogP contribution in [0.15, 0.2) is 30.5 Å². The van der Waals surface area contributed by atoms with E-state index in [9.17, 15) is 4.79 Å². The quantitative estimate of drug-likeness (QED) is 0.744. The van der Waals surface area contributed by atoms with Crippen LogP contribution >= 0.6 is 11.3 Å². The van der Waals surface area contributed by atoms with Crippen molar-refractivity contribution in [3.8, 4) is 0 Å². The molecule has 7 heteroatoms. The Labute approximate surface area is 182 Å². The number of likely N-dealkylation sites (tertiary alicyclic amines) is 2. The van der Waals surface area contributed by atoms with E-state index in [-0.39, 0.29) is 12.0 Å². The van der Waals surface area contributed by atoms with E-state index < -0.39 is 0 Å². The summed E-state index contributed by atoms with van der Waals surface area (Å²) in [5, 5.41) is 8.03. The number of carbonyl (C=O) groups excluding carboxylic acids is 1. The highest BCUT2D eigenvalue weighted by atomic mass is 32.1. The van der Waals surface area contributed by atoms with Gasteiger partial charge >= 0.3 is 0 Å². The Morgan fingerprint density at radius 3 is 2.53 bits per heavy atom. The van der Waals surface area contributed by atoms with Crippen LogP contribution in [0, 0.1) is 13.8 Å². The summed E-state index contributed by atoms with van der Waals surface area (Å²) >= 11 is 1.80. The van der Waals surface area contributed by atoms with E-state index in [0.717, 1.165) is 56.9 Å². The summed E-state index contributed by atoms with van der Waals surface area (Å²) in [6, 6.07) is 8.64. The number of carboxylic acid groups (broad SMARTS) is 1. The first-order valence-corrected chi connectivity index (χ1v) is 11.3. The Morgan fingerprint density at radius 2 is 1.87 bits per heavy atom. The van der Waals surface area contributed by atoms with Crippen LogP contribution in [0.5, 0.6) is 0 Å². The molecule has 2 aliphatic heterocycles. The Bertz CT molecular complexity index is 852. The number of benzene rings is 1. The number of nitrogens with zero attached hydrogens (tertiary/aromatic N) is 3. The molecular formula is C23H31N3O3S. The number of hydrogen-bond acceptors (Lipinski definition) is 5. The molecule has 2 aliphatic rings. The van der Waals surface area contributed by atoms with E-state index in [4.69, 9.17) is 9.90 Å². The maximum atomic E-state index is 12.7. The molecule has 1 amide bonds. The fourth-order valence-corrected chi connectivity index (χ4v) is 5.45. The monoisotopic (exact) mass is 429 g/mol. The molecule has 30 heavy (non-hydrogen) atoms.